The van der Waals surface area contributed by atoms with Crippen LogP contribution in [0.25, 0.3) is 11.1 Å². The van der Waals surface area contributed by atoms with Crippen molar-refractivity contribution in [1.29, 1.82) is 0 Å². The number of carbonyl (C=O) groups excluding carboxylic acids is 1. The molecule has 1 saturated heterocycles. The number of aryl methyl sites for hydroxylation is 1. The zero-order valence-corrected chi connectivity index (χ0v) is 15.9. The summed E-state index contributed by atoms with van der Waals surface area (Å²) in [5, 5.41) is 0.489. The van der Waals surface area contributed by atoms with Crippen LogP contribution in [0.3, 0.4) is 0 Å². The van der Waals surface area contributed by atoms with E-state index in [9.17, 15) is 14.0 Å². The maximum atomic E-state index is 13.1. The van der Waals surface area contributed by atoms with Crippen molar-refractivity contribution >= 4 is 34.3 Å². The van der Waals surface area contributed by atoms with Crippen LogP contribution in [0.15, 0.2) is 51.7 Å². The summed E-state index contributed by atoms with van der Waals surface area (Å²) in [5.41, 5.74) is 1.99. The second kappa shape index (κ2) is 7.67. The Morgan fingerprint density at radius 1 is 1.07 bits per heavy atom. The van der Waals surface area contributed by atoms with Crippen LogP contribution >= 0.6 is 11.6 Å². The molecule has 1 fully saturated rings. The minimum atomic E-state index is -0.494. The fraction of sp³-hybridized carbons (Fsp3) is 0.300. The number of anilines is 1. The molecule has 0 atom stereocenters. The van der Waals surface area contributed by atoms with Crippen molar-refractivity contribution in [3.05, 3.63) is 63.9 Å². The Morgan fingerprint density at radius 3 is 2.50 bits per heavy atom. The fourth-order valence-corrected chi connectivity index (χ4v) is 3.65. The molecule has 4 rings (SSSR count). The van der Waals surface area contributed by atoms with Gasteiger partial charge in [0, 0.05) is 55.9 Å². The van der Waals surface area contributed by atoms with Crippen LogP contribution in [-0.2, 0) is 11.3 Å². The van der Waals surface area contributed by atoms with Crippen LogP contribution in [0.5, 0.6) is 0 Å². The molecule has 0 bridgehead atoms. The van der Waals surface area contributed by atoms with Gasteiger partial charge >= 0.3 is 5.76 Å². The van der Waals surface area contributed by atoms with Crippen LogP contribution < -0.4 is 10.7 Å². The number of rotatable bonds is 4. The van der Waals surface area contributed by atoms with Gasteiger partial charge in [-0.15, -0.1) is 0 Å². The summed E-state index contributed by atoms with van der Waals surface area (Å²) in [4.78, 5) is 28.6. The number of halogens is 2. The molecule has 0 saturated carbocycles. The van der Waals surface area contributed by atoms with E-state index < -0.39 is 5.76 Å². The SMILES string of the molecule is O=C(CCn1c(=O)oc2cc(Cl)ccc21)N1CCN(c2ccc(F)cc2)CC1. The van der Waals surface area contributed by atoms with E-state index in [1.807, 2.05) is 0 Å². The lowest BCUT2D eigenvalue weighted by Crippen LogP contribution is -2.49. The number of hydrogen-bond acceptors (Lipinski definition) is 4. The summed E-state index contributed by atoms with van der Waals surface area (Å²) in [6, 6.07) is 11.4. The average molecular weight is 404 g/mol. The van der Waals surface area contributed by atoms with Crippen molar-refractivity contribution in [2.45, 2.75) is 13.0 Å². The van der Waals surface area contributed by atoms with E-state index in [0.29, 0.717) is 42.3 Å². The number of fused-ring (bicyclic) bond motifs is 1. The summed E-state index contributed by atoms with van der Waals surface area (Å²) in [6.45, 7) is 2.80. The Kier molecular flexibility index (Phi) is 5.09. The minimum absolute atomic E-state index is 0.00558. The molecule has 8 heteroatoms. The highest BCUT2D eigenvalue weighted by Gasteiger charge is 2.22. The van der Waals surface area contributed by atoms with Crippen molar-refractivity contribution in [3.63, 3.8) is 0 Å². The van der Waals surface area contributed by atoms with Gasteiger partial charge in [-0.3, -0.25) is 9.36 Å². The van der Waals surface area contributed by atoms with Gasteiger partial charge in [-0.05, 0) is 36.4 Å². The van der Waals surface area contributed by atoms with Crippen LogP contribution in [0.4, 0.5) is 10.1 Å². The lowest BCUT2D eigenvalue weighted by molar-refractivity contribution is -0.131. The summed E-state index contributed by atoms with van der Waals surface area (Å²) in [5.74, 6) is -0.762. The van der Waals surface area contributed by atoms with Crippen LogP contribution in [-0.4, -0.2) is 41.6 Å². The van der Waals surface area contributed by atoms with Crippen molar-refractivity contribution in [2.75, 3.05) is 31.1 Å². The van der Waals surface area contributed by atoms with E-state index in [1.165, 1.54) is 16.7 Å². The number of oxazole rings is 1. The molecule has 3 aromatic rings. The molecule has 6 nitrogen and oxygen atoms in total. The Balaban J connectivity index is 1.36. The van der Waals surface area contributed by atoms with Gasteiger partial charge in [0.15, 0.2) is 5.58 Å². The Labute approximate surface area is 165 Å². The second-order valence-electron chi connectivity index (χ2n) is 6.73. The molecule has 1 aromatic heterocycles. The van der Waals surface area contributed by atoms with Gasteiger partial charge in [0.05, 0.1) is 5.52 Å². The first-order valence-corrected chi connectivity index (χ1v) is 9.46. The smallest absolute Gasteiger partial charge is 0.408 e. The fourth-order valence-electron chi connectivity index (χ4n) is 3.48. The summed E-state index contributed by atoms with van der Waals surface area (Å²) in [7, 11) is 0. The monoisotopic (exact) mass is 403 g/mol. The molecule has 2 heterocycles. The predicted molar refractivity (Wildman–Crippen MR) is 105 cm³/mol. The number of aromatic nitrogens is 1. The third-order valence-corrected chi connectivity index (χ3v) is 5.24. The maximum absolute atomic E-state index is 13.1. The number of carbonyl (C=O) groups is 1. The third kappa shape index (κ3) is 3.75. The van der Waals surface area contributed by atoms with Gasteiger partial charge in [0.1, 0.15) is 5.82 Å². The number of piperazine rings is 1. The molecule has 1 aliphatic heterocycles. The van der Waals surface area contributed by atoms with Crippen molar-refractivity contribution in [2.24, 2.45) is 0 Å². The normalized spacial score (nSPS) is 14.6. The minimum Gasteiger partial charge on any atom is -0.408 e. The highest BCUT2D eigenvalue weighted by Crippen LogP contribution is 2.19. The van der Waals surface area contributed by atoms with Gasteiger partial charge in [-0.2, -0.15) is 0 Å². The van der Waals surface area contributed by atoms with E-state index >= 15 is 0 Å². The molecule has 1 amide bonds. The summed E-state index contributed by atoms with van der Waals surface area (Å²) in [6.07, 6.45) is 0.216. The Bertz CT molecular complexity index is 1050. The molecule has 0 spiro atoms. The quantitative estimate of drug-likeness (QED) is 0.671. The van der Waals surface area contributed by atoms with Gasteiger partial charge < -0.3 is 14.2 Å². The zero-order chi connectivity index (χ0) is 19.7. The van der Waals surface area contributed by atoms with Gasteiger partial charge in [-0.1, -0.05) is 11.6 Å². The van der Waals surface area contributed by atoms with Crippen LogP contribution in [0.1, 0.15) is 6.42 Å². The second-order valence-corrected chi connectivity index (χ2v) is 7.16. The number of nitrogens with zero attached hydrogens (tertiary/aromatic N) is 3. The van der Waals surface area contributed by atoms with Gasteiger partial charge in [-0.25, -0.2) is 9.18 Å². The molecular formula is C20H19ClFN3O3. The topological polar surface area (TPSA) is 58.7 Å². The molecule has 28 heavy (non-hydrogen) atoms. The molecule has 0 N–H and O–H groups in total. The van der Waals surface area contributed by atoms with Crippen molar-refractivity contribution in [1.82, 2.24) is 9.47 Å². The maximum Gasteiger partial charge on any atom is 0.419 e. The molecule has 1 aliphatic rings. The van der Waals surface area contributed by atoms with E-state index in [-0.39, 0.29) is 24.7 Å². The molecule has 0 radical (unpaired) electrons. The standard InChI is InChI=1S/C20H19ClFN3O3/c21-14-1-6-17-18(13-14)28-20(27)25(17)8-7-19(26)24-11-9-23(10-12-24)16-4-2-15(22)3-5-16/h1-6,13H,7-12H2. The average Bonchev–Trinajstić information content (AvgIpc) is 3.01. The van der Waals surface area contributed by atoms with Crippen LogP contribution in [0.2, 0.25) is 5.02 Å². The van der Waals surface area contributed by atoms with Crippen molar-refractivity contribution in [3.8, 4) is 0 Å². The number of amides is 1. The first-order chi connectivity index (χ1) is 13.5. The van der Waals surface area contributed by atoms with Crippen molar-refractivity contribution < 1.29 is 13.6 Å². The molecular weight excluding hydrogens is 385 g/mol. The van der Waals surface area contributed by atoms with E-state index in [1.54, 1.807) is 35.2 Å². The molecule has 0 unspecified atom stereocenters. The van der Waals surface area contributed by atoms with Crippen LogP contribution in [0, 0.1) is 5.82 Å². The lowest BCUT2D eigenvalue weighted by atomic mass is 10.2. The van der Waals surface area contributed by atoms with Gasteiger partial charge in [0.2, 0.25) is 5.91 Å². The highest BCUT2D eigenvalue weighted by atomic mass is 35.5. The molecule has 146 valence electrons. The largest absolute Gasteiger partial charge is 0.419 e. The number of hydrogen-bond donors (Lipinski definition) is 0. The van der Waals surface area contributed by atoms with E-state index in [0.717, 1.165) is 5.69 Å². The van der Waals surface area contributed by atoms with Gasteiger partial charge in [0.25, 0.3) is 0 Å². The first kappa shape index (κ1) is 18.6. The summed E-state index contributed by atoms with van der Waals surface area (Å²) >= 11 is 5.92. The lowest BCUT2D eigenvalue weighted by Gasteiger charge is -2.36. The number of benzene rings is 2. The highest BCUT2D eigenvalue weighted by molar-refractivity contribution is 6.31. The predicted octanol–water partition coefficient (Wildman–Crippen LogP) is 3.13. The third-order valence-electron chi connectivity index (χ3n) is 5.00. The molecule has 2 aromatic carbocycles. The summed E-state index contributed by atoms with van der Waals surface area (Å²) < 4.78 is 19.7. The zero-order valence-electron chi connectivity index (χ0n) is 15.1. The Hall–Kier alpha value is -2.80. The van der Waals surface area contributed by atoms with E-state index in [2.05, 4.69) is 4.90 Å². The van der Waals surface area contributed by atoms with E-state index in [4.69, 9.17) is 16.0 Å². The first-order valence-electron chi connectivity index (χ1n) is 9.08. The Morgan fingerprint density at radius 2 is 1.79 bits per heavy atom. The molecule has 0 aliphatic carbocycles.